The summed E-state index contributed by atoms with van der Waals surface area (Å²) in [7, 11) is 1.65. The first-order valence-corrected chi connectivity index (χ1v) is 5.25. The summed E-state index contributed by atoms with van der Waals surface area (Å²) in [5.74, 6) is 0.850. The van der Waals surface area contributed by atoms with Gasteiger partial charge >= 0.3 is 0 Å². The Balaban J connectivity index is 1.87. The molecule has 0 fully saturated rings. The summed E-state index contributed by atoms with van der Waals surface area (Å²) in [5.41, 5.74) is 4.61. The Morgan fingerprint density at radius 3 is 2.62 bits per heavy atom. The summed E-state index contributed by atoms with van der Waals surface area (Å²) in [6, 6.07) is 7.94. The molecule has 1 amide bonds. The Morgan fingerprint density at radius 1 is 1.31 bits per heavy atom. The van der Waals surface area contributed by atoms with Crippen molar-refractivity contribution in [1.29, 1.82) is 0 Å². The van der Waals surface area contributed by atoms with E-state index in [4.69, 9.17) is 4.74 Å². The molecule has 0 atom stereocenters. The normalized spacial score (nSPS) is 14.6. The molecule has 0 unspecified atom stereocenters. The van der Waals surface area contributed by atoms with E-state index in [-0.39, 0.29) is 5.91 Å². The maximum atomic E-state index is 10.9. The molecule has 84 valence electrons. The molecule has 0 bridgehead atoms. The fourth-order valence-corrected chi connectivity index (χ4v) is 1.63. The van der Waals surface area contributed by atoms with Crippen LogP contribution in [0.2, 0.25) is 0 Å². The quantitative estimate of drug-likeness (QED) is 0.832. The largest absolute Gasteiger partial charge is 0.497 e. The van der Waals surface area contributed by atoms with Crippen molar-refractivity contribution in [3.63, 3.8) is 0 Å². The Bertz CT molecular complexity index is 410. The van der Waals surface area contributed by atoms with Gasteiger partial charge in [0.15, 0.2) is 0 Å². The molecule has 0 aliphatic carbocycles. The number of hydrazone groups is 1. The SMILES string of the molecule is COc1ccc(CCC2=NNC(=O)C2)cc1. The highest BCUT2D eigenvalue weighted by molar-refractivity contribution is 6.04. The zero-order valence-corrected chi connectivity index (χ0v) is 9.19. The maximum Gasteiger partial charge on any atom is 0.245 e. The summed E-state index contributed by atoms with van der Waals surface area (Å²) in [6.07, 6.45) is 2.17. The van der Waals surface area contributed by atoms with Crippen LogP contribution in [0.25, 0.3) is 0 Å². The highest BCUT2D eigenvalue weighted by Gasteiger charge is 2.13. The Morgan fingerprint density at radius 2 is 2.06 bits per heavy atom. The first-order chi connectivity index (χ1) is 7.78. The molecule has 1 N–H and O–H groups in total. The van der Waals surface area contributed by atoms with Crippen molar-refractivity contribution >= 4 is 11.6 Å². The number of aryl methyl sites for hydroxylation is 1. The number of hydrogen-bond donors (Lipinski definition) is 1. The third-order valence-corrected chi connectivity index (χ3v) is 2.56. The Labute approximate surface area is 94.3 Å². The van der Waals surface area contributed by atoms with E-state index in [9.17, 15) is 4.79 Å². The molecule has 0 aromatic heterocycles. The van der Waals surface area contributed by atoms with Crippen molar-refractivity contribution in [1.82, 2.24) is 5.43 Å². The molecule has 0 spiro atoms. The highest BCUT2D eigenvalue weighted by atomic mass is 16.5. The van der Waals surface area contributed by atoms with Gasteiger partial charge in [0, 0.05) is 5.71 Å². The standard InChI is InChI=1S/C12H14N2O2/c1-16-11-6-3-9(4-7-11)2-5-10-8-12(15)14-13-10/h3-4,6-7H,2,5,8H2,1H3,(H,14,15). The summed E-state index contributed by atoms with van der Waals surface area (Å²) < 4.78 is 5.08. The van der Waals surface area contributed by atoms with Gasteiger partial charge in [0.25, 0.3) is 0 Å². The molecule has 0 saturated heterocycles. The molecule has 1 aromatic rings. The summed E-state index contributed by atoms with van der Waals surface area (Å²) in [4.78, 5) is 10.9. The fourth-order valence-electron chi connectivity index (χ4n) is 1.63. The van der Waals surface area contributed by atoms with Gasteiger partial charge in [0.05, 0.1) is 13.5 Å². The number of amides is 1. The van der Waals surface area contributed by atoms with Gasteiger partial charge < -0.3 is 4.74 Å². The predicted octanol–water partition coefficient (Wildman–Crippen LogP) is 1.50. The van der Waals surface area contributed by atoms with E-state index in [0.29, 0.717) is 6.42 Å². The number of hydrogen-bond acceptors (Lipinski definition) is 3. The average molecular weight is 218 g/mol. The number of carbonyl (C=O) groups is 1. The molecule has 1 aliphatic heterocycles. The van der Waals surface area contributed by atoms with Gasteiger partial charge in [-0.3, -0.25) is 4.79 Å². The molecule has 4 heteroatoms. The topological polar surface area (TPSA) is 50.7 Å². The van der Waals surface area contributed by atoms with Crippen molar-refractivity contribution in [2.45, 2.75) is 19.3 Å². The van der Waals surface area contributed by atoms with E-state index in [2.05, 4.69) is 10.5 Å². The number of carbonyl (C=O) groups excluding carboxylic acids is 1. The van der Waals surface area contributed by atoms with Gasteiger partial charge in [0.2, 0.25) is 5.91 Å². The van der Waals surface area contributed by atoms with Crippen molar-refractivity contribution in [2.24, 2.45) is 5.10 Å². The molecule has 0 radical (unpaired) electrons. The van der Waals surface area contributed by atoms with Crippen LogP contribution in [0.1, 0.15) is 18.4 Å². The van der Waals surface area contributed by atoms with Crippen LogP contribution in [-0.2, 0) is 11.2 Å². The number of rotatable bonds is 4. The first kappa shape index (κ1) is 10.7. The number of nitrogens with one attached hydrogen (secondary N) is 1. The van der Waals surface area contributed by atoms with E-state index < -0.39 is 0 Å². The second-order valence-corrected chi connectivity index (χ2v) is 3.74. The van der Waals surface area contributed by atoms with E-state index in [1.165, 1.54) is 5.56 Å². The van der Waals surface area contributed by atoms with Gasteiger partial charge in [-0.05, 0) is 30.5 Å². The lowest BCUT2D eigenvalue weighted by molar-refractivity contribution is -0.119. The van der Waals surface area contributed by atoms with Crippen LogP contribution in [-0.4, -0.2) is 18.7 Å². The average Bonchev–Trinajstić information content (AvgIpc) is 2.73. The van der Waals surface area contributed by atoms with Gasteiger partial charge in [-0.2, -0.15) is 5.10 Å². The van der Waals surface area contributed by atoms with Crippen LogP contribution in [0.15, 0.2) is 29.4 Å². The Hall–Kier alpha value is -1.84. The summed E-state index contributed by atoms with van der Waals surface area (Å²) >= 11 is 0. The highest BCUT2D eigenvalue weighted by Crippen LogP contribution is 2.13. The van der Waals surface area contributed by atoms with Crippen LogP contribution in [0.5, 0.6) is 5.75 Å². The van der Waals surface area contributed by atoms with E-state index in [1.54, 1.807) is 7.11 Å². The van der Waals surface area contributed by atoms with E-state index in [0.717, 1.165) is 24.3 Å². The van der Waals surface area contributed by atoms with Crippen molar-refractivity contribution < 1.29 is 9.53 Å². The van der Waals surface area contributed by atoms with Gasteiger partial charge in [-0.1, -0.05) is 12.1 Å². The molecular formula is C12H14N2O2. The molecular weight excluding hydrogens is 204 g/mol. The van der Waals surface area contributed by atoms with Crippen molar-refractivity contribution in [2.75, 3.05) is 7.11 Å². The van der Waals surface area contributed by atoms with Crippen molar-refractivity contribution in [3.05, 3.63) is 29.8 Å². The van der Waals surface area contributed by atoms with Crippen LogP contribution in [0.4, 0.5) is 0 Å². The summed E-state index contributed by atoms with van der Waals surface area (Å²) in [6.45, 7) is 0. The van der Waals surface area contributed by atoms with Crippen molar-refractivity contribution in [3.8, 4) is 5.75 Å². The lowest BCUT2D eigenvalue weighted by atomic mass is 10.1. The van der Waals surface area contributed by atoms with Crippen LogP contribution in [0.3, 0.4) is 0 Å². The number of methoxy groups -OCH3 is 1. The molecule has 4 nitrogen and oxygen atoms in total. The molecule has 1 aromatic carbocycles. The van der Waals surface area contributed by atoms with E-state index >= 15 is 0 Å². The molecule has 0 saturated carbocycles. The van der Waals surface area contributed by atoms with Gasteiger partial charge in [-0.25, -0.2) is 5.43 Å². The van der Waals surface area contributed by atoms with E-state index in [1.807, 2.05) is 24.3 Å². The zero-order valence-electron chi connectivity index (χ0n) is 9.19. The fraction of sp³-hybridized carbons (Fsp3) is 0.333. The van der Waals surface area contributed by atoms with Crippen LogP contribution < -0.4 is 10.2 Å². The minimum atomic E-state index is -0.00951. The second-order valence-electron chi connectivity index (χ2n) is 3.74. The third-order valence-electron chi connectivity index (χ3n) is 2.56. The number of ether oxygens (including phenoxy) is 1. The molecule has 1 aliphatic rings. The summed E-state index contributed by atoms with van der Waals surface area (Å²) in [5, 5.41) is 3.96. The van der Waals surface area contributed by atoms with Gasteiger partial charge in [-0.15, -0.1) is 0 Å². The Kier molecular flexibility index (Phi) is 3.19. The second kappa shape index (κ2) is 4.79. The lowest BCUT2D eigenvalue weighted by Crippen LogP contribution is -2.09. The monoisotopic (exact) mass is 218 g/mol. The minimum absolute atomic E-state index is 0.00951. The predicted molar refractivity (Wildman–Crippen MR) is 61.5 cm³/mol. The first-order valence-electron chi connectivity index (χ1n) is 5.25. The maximum absolute atomic E-state index is 10.9. The smallest absolute Gasteiger partial charge is 0.245 e. The lowest BCUT2D eigenvalue weighted by Gasteiger charge is -2.02. The number of benzene rings is 1. The zero-order chi connectivity index (χ0) is 11.4. The van der Waals surface area contributed by atoms with Gasteiger partial charge in [0.1, 0.15) is 5.75 Å². The third kappa shape index (κ3) is 2.59. The molecule has 2 rings (SSSR count). The molecule has 1 heterocycles. The van der Waals surface area contributed by atoms with Crippen LogP contribution >= 0.6 is 0 Å². The van der Waals surface area contributed by atoms with Crippen LogP contribution in [0, 0.1) is 0 Å². The molecule has 16 heavy (non-hydrogen) atoms. The minimum Gasteiger partial charge on any atom is -0.497 e. The number of nitrogens with zero attached hydrogens (tertiary/aromatic N) is 1.